The molecular weight excluding hydrogens is 1020 g/mol. The molecule has 0 rings (SSSR count). The van der Waals surface area contributed by atoms with Crippen LogP contribution < -0.4 is 0 Å². The molecule has 83 heavy (non-hydrogen) atoms. The van der Waals surface area contributed by atoms with E-state index in [1.165, 1.54) is 154 Å². The minimum absolute atomic E-state index is 0.0943. The molecule has 0 aromatic rings. The first kappa shape index (κ1) is 78.8. The Morgan fingerprint density at radius 3 is 0.759 bits per heavy atom. The fourth-order valence-corrected chi connectivity index (χ4v) is 9.75. The fourth-order valence-electron chi connectivity index (χ4n) is 9.75. The van der Waals surface area contributed by atoms with Gasteiger partial charge in [0.2, 0.25) is 0 Å². The highest BCUT2D eigenvalue weighted by Crippen LogP contribution is 2.17. The summed E-state index contributed by atoms with van der Waals surface area (Å²) in [4.78, 5) is 38.4. The number of esters is 3. The van der Waals surface area contributed by atoms with E-state index in [0.717, 1.165) is 135 Å². The SMILES string of the molecule is CC/C=C\C/C=C\C/C=C\C/C=C\C/C=C\C/C=C\CCCCCCCCC(=O)OC(COC(=O)CCCCC/C=C\C/C=C\C/C=C\CC)COC(=O)CCCCCCCCCCCCCCCCC/C=C\CCCCCCCCCC. The maximum absolute atomic E-state index is 12.9. The molecule has 1 unspecified atom stereocenters. The molecule has 0 saturated carbocycles. The third-order valence-electron chi connectivity index (χ3n) is 14.9. The molecule has 0 saturated heterocycles. The first-order valence-electron chi connectivity index (χ1n) is 35.0. The monoisotopic (exact) mass is 1150 g/mol. The number of unbranched alkanes of at least 4 members (excludes halogenated alkanes) is 32. The predicted molar refractivity (Wildman–Crippen MR) is 362 cm³/mol. The van der Waals surface area contributed by atoms with E-state index in [1.807, 2.05) is 0 Å². The zero-order valence-corrected chi connectivity index (χ0v) is 54.4. The van der Waals surface area contributed by atoms with E-state index in [4.69, 9.17) is 14.2 Å². The second-order valence-corrected chi connectivity index (χ2v) is 23.0. The second kappa shape index (κ2) is 70.3. The van der Waals surface area contributed by atoms with Crippen LogP contribution in [0.25, 0.3) is 0 Å². The summed E-state index contributed by atoms with van der Waals surface area (Å²) in [5.74, 6) is -0.931. The summed E-state index contributed by atoms with van der Waals surface area (Å²) in [5, 5.41) is 0. The Kier molecular flexibility index (Phi) is 66.7. The van der Waals surface area contributed by atoms with Gasteiger partial charge in [0.15, 0.2) is 6.10 Å². The maximum Gasteiger partial charge on any atom is 0.306 e. The lowest BCUT2D eigenvalue weighted by molar-refractivity contribution is -0.167. The van der Waals surface area contributed by atoms with Crippen molar-refractivity contribution in [3.8, 4) is 0 Å². The van der Waals surface area contributed by atoms with Gasteiger partial charge in [-0.15, -0.1) is 0 Å². The van der Waals surface area contributed by atoms with E-state index in [0.29, 0.717) is 19.3 Å². The molecule has 6 nitrogen and oxygen atoms in total. The van der Waals surface area contributed by atoms with Crippen LogP contribution in [0.4, 0.5) is 0 Å². The summed E-state index contributed by atoms with van der Waals surface area (Å²) >= 11 is 0. The first-order valence-corrected chi connectivity index (χ1v) is 35.0. The third-order valence-corrected chi connectivity index (χ3v) is 14.9. The summed E-state index contributed by atoms with van der Waals surface area (Å²) < 4.78 is 16.9. The molecule has 1 atom stereocenters. The summed E-state index contributed by atoms with van der Waals surface area (Å²) in [5.41, 5.74) is 0. The number of hydrogen-bond donors (Lipinski definition) is 0. The lowest BCUT2D eigenvalue weighted by Crippen LogP contribution is -2.30. The Morgan fingerprint density at radius 1 is 0.253 bits per heavy atom. The molecule has 0 aromatic carbocycles. The van der Waals surface area contributed by atoms with Crippen molar-refractivity contribution in [3.05, 3.63) is 122 Å². The zero-order valence-electron chi connectivity index (χ0n) is 54.4. The summed E-state index contributed by atoms with van der Waals surface area (Å²) in [7, 11) is 0. The van der Waals surface area contributed by atoms with E-state index in [-0.39, 0.29) is 31.1 Å². The molecule has 0 bridgehead atoms. The standard InChI is InChI=1S/C77H130O6/c1-4-7-10-13-16-19-22-25-27-29-31-33-35-37-38-40-41-43-45-47-49-52-55-58-61-64-67-70-76(79)82-73-74(72-81-75(78)69-66-63-60-57-54-51-24-21-18-15-12-9-6-3)83-77(80)71-68-65-62-59-56-53-50-48-46-44-42-39-36-34-32-30-28-26-23-20-17-14-11-8-5-2/h8-9,11-12,17-18,20-21,26,28-29,31-32,34,39,42,46,48,51,54,74H,4-7,10,13-16,19,22-25,27,30,33,35-38,40-41,43-45,47,49-50,52-53,55-73H2,1-3H3/b11-8-,12-9-,20-17-,21-18-,28-26-,31-29-,34-32-,42-39-,48-46-,54-51-. The van der Waals surface area contributed by atoms with Gasteiger partial charge in [0.1, 0.15) is 13.2 Å². The van der Waals surface area contributed by atoms with Crippen molar-refractivity contribution >= 4 is 17.9 Å². The molecule has 0 spiro atoms. The second-order valence-electron chi connectivity index (χ2n) is 23.0. The van der Waals surface area contributed by atoms with Gasteiger partial charge in [-0.05, 0) is 128 Å². The van der Waals surface area contributed by atoms with Crippen LogP contribution in [0, 0.1) is 0 Å². The highest BCUT2D eigenvalue weighted by molar-refractivity contribution is 5.71. The van der Waals surface area contributed by atoms with Crippen molar-refractivity contribution in [2.75, 3.05) is 13.2 Å². The third kappa shape index (κ3) is 68.5. The average molecular weight is 1150 g/mol. The van der Waals surface area contributed by atoms with Crippen LogP contribution in [0.15, 0.2) is 122 Å². The van der Waals surface area contributed by atoms with E-state index < -0.39 is 6.10 Å². The Balaban J connectivity index is 4.32. The summed E-state index contributed by atoms with van der Waals surface area (Å²) in [6.07, 6.45) is 98.0. The lowest BCUT2D eigenvalue weighted by atomic mass is 10.0. The predicted octanol–water partition coefficient (Wildman–Crippen LogP) is 24.3. The molecule has 0 aliphatic rings. The Labute approximate surface area is 513 Å². The van der Waals surface area contributed by atoms with Crippen LogP contribution in [0.1, 0.15) is 329 Å². The van der Waals surface area contributed by atoms with Crippen LogP contribution in [-0.4, -0.2) is 37.2 Å². The van der Waals surface area contributed by atoms with Crippen molar-refractivity contribution in [1.29, 1.82) is 0 Å². The quantitative estimate of drug-likeness (QED) is 0.0261. The number of carbonyl (C=O) groups is 3. The van der Waals surface area contributed by atoms with Crippen molar-refractivity contribution < 1.29 is 28.6 Å². The number of allylic oxidation sites excluding steroid dienone is 20. The zero-order chi connectivity index (χ0) is 59.9. The van der Waals surface area contributed by atoms with Crippen LogP contribution in [-0.2, 0) is 28.6 Å². The van der Waals surface area contributed by atoms with Gasteiger partial charge in [0.05, 0.1) is 0 Å². The fraction of sp³-hybridized carbons (Fsp3) is 0.701. The van der Waals surface area contributed by atoms with Gasteiger partial charge in [-0.3, -0.25) is 14.4 Å². The molecule has 0 aliphatic carbocycles. The minimum atomic E-state index is -0.803. The highest BCUT2D eigenvalue weighted by atomic mass is 16.6. The van der Waals surface area contributed by atoms with Gasteiger partial charge in [-0.2, -0.15) is 0 Å². The van der Waals surface area contributed by atoms with Crippen molar-refractivity contribution in [1.82, 2.24) is 0 Å². The van der Waals surface area contributed by atoms with Crippen LogP contribution >= 0.6 is 0 Å². The Hall–Kier alpha value is -4.19. The largest absolute Gasteiger partial charge is 0.462 e. The molecule has 0 N–H and O–H groups in total. The molecular formula is C77H130O6. The average Bonchev–Trinajstić information content (AvgIpc) is 3.49. The Bertz CT molecular complexity index is 1700. The van der Waals surface area contributed by atoms with Crippen molar-refractivity contribution in [2.45, 2.75) is 335 Å². The van der Waals surface area contributed by atoms with Gasteiger partial charge >= 0.3 is 17.9 Å². The minimum Gasteiger partial charge on any atom is -0.462 e. The molecule has 474 valence electrons. The highest BCUT2D eigenvalue weighted by Gasteiger charge is 2.19. The molecule has 6 heteroatoms. The number of ether oxygens (including phenoxy) is 3. The van der Waals surface area contributed by atoms with Gasteiger partial charge in [0.25, 0.3) is 0 Å². The van der Waals surface area contributed by atoms with Crippen LogP contribution in [0.3, 0.4) is 0 Å². The van der Waals surface area contributed by atoms with E-state index >= 15 is 0 Å². The molecule has 0 radical (unpaired) electrons. The number of carbonyl (C=O) groups excluding carboxylic acids is 3. The van der Waals surface area contributed by atoms with E-state index in [1.54, 1.807) is 0 Å². The number of hydrogen-bond acceptors (Lipinski definition) is 6. The van der Waals surface area contributed by atoms with Gasteiger partial charge in [-0.25, -0.2) is 0 Å². The molecule has 0 fully saturated rings. The Morgan fingerprint density at radius 2 is 0.470 bits per heavy atom. The van der Waals surface area contributed by atoms with Crippen molar-refractivity contribution in [2.24, 2.45) is 0 Å². The first-order chi connectivity index (χ1) is 41.0. The van der Waals surface area contributed by atoms with Gasteiger partial charge in [0, 0.05) is 19.3 Å². The van der Waals surface area contributed by atoms with Crippen LogP contribution in [0.2, 0.25) is 0 Å². The summed E-state index contributed by atoms with van der Waals surface area (Å²) in [6.45, 7) is 6.40. The molecule has 0 aliphatic heterocycles. The normalized spacial score (nSPS) is 12.9. The topological polar surface area (TPSA) is 78.9 Å². The van der Waals surface area contributed by atoms with Gasteiger partial charge in [-0.1, -0.05) is 303 Å². The van der Waals surface area contributed by atoms with Crippen LogP contribution in [0.5, 0.6) is 0 Å². The van der Waals surface area contributed by atoms with E-state index in [9.17, 15) is 14.4 Å². The molecule has 0 amide bonds. The smallest absolute Gasteiger partial charge is 0.306 e. The lowest BCUT2D eigenvalue weighted by Gasteiger charge is -2.18. The molecule has 0 heterocycles. The maximum atomic E-state index is 12.9. The molecule has 0 aromatic heterocycles. The van der Waals surface area contributed by atoms with E-state index in [2.05, 4.69) is 142 Å². The van der Waals surface area contributed by atoms with Crippen molar-refractivity contribution in [3.63, 3.8) is 0 Å². The summed E-state index contributed by atoms with van der Waals surface area (Å²) in [6, 6.07) is 0. The number of rotatable bonds is 63. The van der Waals surface area contributed by atoms with Gasteiger partial charge < -0.3 is 14.2 Å².